The SMILES string of the molecule is CCOC(=O)N1CCC[C@H](Nc2c(C(N)=O)cnn3cc(-c4ccccc4)cc23)C1. The third-order valence-electron chi connectivity index (χ3n) is 5.31. The lowest BCUT2D eigenvalue weighted by Gasteiger charge is -2.33. The lowest BCUT2D eigenvalue weighted by Crippen LogP contribution is -2.45. The molecule has 2 aromatic heterocycles. The number of carbonyl (C=O) groups is 2. The van der Waals surface area contributed by atoms with Gasteiger partial charge in [0.15, 0.2) is 0 Å². The normalized spacial score (nSPS) is 16.4. The van der Waals surface area contributed by atoms with Gasteiger partial charge in [0.25, 0.3) is 5.91 Å². The number of likely N-dealkylation sites (tertiary alicyclic amines) is 1. The molecule has 3 N–H and O–H groups in total. The molecule has 30 heavy (non-hydrogen) atoms. The quantitative estimate of drug-likeness (QED) is 0.677. The number of hydrogen-bond acceptors (Lipinski definition) is 5. The molecule has 0 unspecified atom stereocenters. The van der Waals surface area contributed by atoms with Crippen molar-refractivity contribution in [2.24, 2.45) is 5.73 Å². The van der Waals surface area contributed by atoms with Crippen LogP contribution in [0.25, 0.3) is 16.6 Å². The van der Waals surface area contributed by atoms with Crippen LogP contribution in [0.3, 0.4) is 0 Å². The molecule has 8 nitrogen and oxygen atoms in total. The first-order chi connectivity index (χ1) is 14.6. The fraction of sp³-hybridized carbons (Fsp3) is 0.318. The summed E-state index contributed by atoms with van der Waals surface area (Å²) < 4.78 is 6.87. The van der Waals surface area contributed by atoms with Crippen molar-refractivity contribution in [1.29, 1.82) is 0 Å². The van der Waals surface area contributed by atoms with E-state index in [-0.39, 0.29) is 12.1 Å². The molecule has 1 aliphatic heterocycles. The molecule has 1 fully saturated rings. The highest BCUT2D eigenvalue weighted by atomic mass is 16.6. The molecule has 0 saturated carbocycles. The molecule has 2 amide bonds. The van der Waals surface area contributed by atoms with Crippen LogP contribution in [0.1, 0.15) is 30.1 Å². The smallest absolute Gasteiger partial charge is 0.409 e. The van der Waals surface area contributed by atoms with Gasteiger partial charge in [-0.2, -0.15) is 5.10 Å². The number of hydrogen-bond donors (Lipinski definition) is 2. The summed E-state index contributed by atoms with van der Waals surface area (Å²) in [5, 5.41) is 7.82. The summed E-state index contributed by atoms with van der Waals surface area (Å²) in [5.74, 6) is -0.548. The average Bonchev–Trinajstić information content (AvgIpc) is 3.20. The summed E-state index contributed by atoms with van der Waals surface area (Å²) in [5.41, 5.74) is 9.40. The second-order valence-corrected chi connectivity index (χ2v) is 7.35. The Labute approximate surface area is 174 Å². The third kappa shape index (κ3) is 3.94. The summed E-state index contributed by atoms with van der Waals surface area (Å²) in [6, 6.07) is 11.9. The Kier molecular flexibility index (Phi) is 5.56. The number of nitrogens with two attached hydrogens (primary N) is 1. The van der Waals surface area contributed by atoms with Gasteiger partial charge in [-0.1, -0.05) is 30.3 Å². The van der Waals surface area contributed by atoms with E-state index in [0.717, 1.165) is 29.5 Å². The molecule has 8 heteroatoms. The van der Waals surface area contributed by atoms with Crippen molar-refractivity contribution < 1.29 is 14.3 Å². The first kappa shape index (κ1) is 19.8. The maximum absolute atomic E-state index is 12.1. The molecule has 4 rings (SSSR count). The molecule has 1 aliphatic rings. The van der Waals surface area contributed by atoms with Crippen LogP contribution in [0.2, 0.25) is 0 Å². The zero-order valence-electron chi connectivity index (χ0n) is 16.9. The number of rotatable bonds is 5. The lowest BCUT2D eigenvalue weighted by molar-refractivity contribution is 0.0970. The lowest BCUT2D eigenvalue weighted by atomic mass is 10.0. The molecule has 3 aromatic rings. The number of nitrogens with one attached hydrogen (secondary N) is 1. The molecule has 3 heterocycles. The maximum Gasteiger partial charge on any atom is 0.409 e. The second-order valence-electron chi connectivity index (χ2n) is 7.35. The topological polar surface area (TPSA) is 102 Å². The van der Waals surface area contributed by atoms with E-state index in [1.54, 1.807) is 16.3 Å². The number of nitrogens with zero attached hydrogens (tertiary/aromatic N) is 3. The first-order valence-corrected chi connectivity index (χ1v) is 10.1. The Morgan fingerprint density at radius 3 is 2.80 bits per heavy atom. The predicted octanol–water partition coefficient (Wildman–Crippen LogP) is 3.13. The molecule has 0 radical (unpaired) electrons. The number of aromatic nitrogens is 2. The number of fused-ring (bicyclic) bond motifs is 1. The van der Waals surface area contributed by atoms with E-state index in [4.69, 9.17) is 10.5 Å². The molecule has 1 atom stereocenters. The Morgan fingerprint density at radius 2 is 2.07 bits per heavy atom. The van der Waals surface area contributed by atoms with Gasteiger partial charge in [-0.3, -0.25) is 4.79 Å². The monoisotopic (exact) mass is 407 g/mol. The van der Waals surface area contributed by atoms with Crippen LogP contribution in [-0.4, -0.2) is 52.3 Å². The van der Waals surface area contributed by atoms with Gasteiger partial charge in [-0.25, -0.2) is 9.31 Å². The van der Waals surface area contributed by atoms with Gasteiger partial charge in [0, 0.05) is 30.9 Å². The van der Waals surface area contributed by atoms with E-state index in [9.17, 15) is 9.59 Å². The van der Waals surface area contributed by atoms with Crippen LogP contribution in [0, 0.1) is 0 Å². The van der Waals surface area contributed by atoms with Crippen molar-refractivity contribution in [2.75, 3.05) is 25.0 Å². The number of benzene rings is 1. The van der Waals surface area contributed by atoms with Gasteiger partial charge in [-0.15, -0.1) is 0 Å². The summed E-state index contributed by atoms with van der Waals surface area (Å²) in [6.45, 7) is 3.30. The number of carbonyl (C=O) groups excluding carboxylic acids is 2. The predicted molar refractivity (Wildman–Crippen MR) is 114 cm³/mol. The molecule has 1 saturated heterocycles. The summed E-state index contributed by atoms with van der Waals surface area (Å²) in [7, 11) is 0. The van der Waals surface area contributed by atoms with Crippen LogP contribution in [-0.2, 0) is 4.74 Å². The number of primary amides is 1. The van der Waals surface area contributed by atoms with Crippen LogP contribution in [0.15, 0.2) is 48.8 Å². The van der Waals surface area contributed by atoms with E-state index in [0.29, 0.717) is 30.9 Å². The zero-order chi connectivity index (χ0) is 21.1. The van der Waals surface area contributed by atoms with Gasteiger partial charge >= 0.3 is 6.09 Å². The molecular weight excluding hydrogens is 382 g/mol. The van der Waals surface area contributed by atoms with E-state index in [1.165, 1.54) is 6.20 Å². The molecule has 156 valence electrons. The molecular formula is C22H25N5O3. The van der Waals surface area contributed by atoms with E-state index in [1.807, 2.05) is 42.6 Å². The van der Waals surface area contributed by atoms with Crippen molar-refractivity contribution >= 4 is 23.2 Å². The summed E-state index contributed by atoms with van der Waals surface area (Å²) in [6.07, 6.45) is 4.81. The van der Waals surface area contributed by atoms with Crippen molar-refractivity contribution in [3.63, 3.8) is 0 Å². The van der Waals surface area contributed by atoms with Crippen molar-refractivity contribution in [2.45, 2.75) is 25.8 Å². The van der Waals surface area contributed by atoms with Gasteiger partial charge in [0.1, 0.15) is 0 Å². The van der Waals surface area contributed by atoms with E-state index < -0.39 is 5.91 Å². The standard InChI is InChI=1S/C22H25N5O3/c1-2-30-22(29)26-10-6-9-17(14-26)25-20-18(21(23)28)12-24-27-13-16(11-19(20)27)15-7-4-3-5-8-15/h3-5,7-8,11-13,17,25H,2,6,9-10,14H2,1H3,(H2,23,28)/t17-/m0/s1. The maximum atomic E-state index is 12.1. The number of anilines is 1. The van der Waals surface area contributed by atoms with Crippen LogP contribution in [0.4, 0.5) is 10.5 Å². The molecule has 0 spiro atoms. The summed E-state index contributed by atoms with van der Waals surface area (Å²) >= 11 is 0. The first-order valence-electron chi connectivity index (χ1n) is 10.1. The van der Waals surface area contributed by atoms with E-state index >= 15 is 0 Å². The van der Waals surface area contributed by atoms with Crippen molar-refractivity contribution in [1.82, 2.24) is 14.5 Å². The van der Waals surface area contributed by atoms with Crippen LogP contribution < -0.4 is 11.1 Å². The summed E-state index contributed by atoms with van der Waals surface area (Å²) in [4.78, 5) is 25.9. The highest BCUT2D eigenvalue weighted by Gasteiger charge is 2.26. The largest absolute Gasteiger partial charge is 0.450 e. The molecule has 1 aromatic carbocycles. The minimum Gasteiger partial charge on any atom is -0.450 e. The van der Waals surface area contributed by atoms with Gasteiger partial charge in [-0.05, 0) is 31.4 Å². The minimum atomic E-state index is -0.548. The number of piperidine rings is 1. The minimum absolute atomic E-state index is 0.0254. The second kappa shape index (κ2) is 8.44. The zero-order valence-corrected chi connectivity index (χ0v) is 16.9. The van der Waals surface area contributed by atoms with Crippen LogP contribution >= 0.6 is 0 Å². The highest BCUT2D eigenvalue weighted by Crippen LogP contribution is 2.29. The number of amides is 2. The molecule has 0 aliphatic carbocycles. The van der Waals surface area contributed by atoms with Gasteiger partial charge in [0.2, 0.25) is 0 Å². The third-order valence-corrected chi connectivity index (χ3v) is 5.31. The van der Waals surface area contributed by atoms with Crippen LogP contribution in [0.5, 0.6) is 0 Å². The Bertz CT molecular complexity index is 1060. The Balaban J connectivity index is 1.68. The van der Waals surface area contributed by atoms with Crippen molar-refractivity contribution in [3.05, 3.63) is 54.4 Å². The van der Waals surface area contributed by atoms with Gasteiger partial charge < -0.3 is 20.7 Å². The Morgan fingerprint density at radius 1 is 1.27 bits per heavy atom. The van der Waals surface area contributed by atoms with E-state index in [2.05, 4.69) is 10.4 Å². The fourth-order valence-electron chi connectivity index (χ4n) is 3.86. The highest BCUT2D eigenvalue weighted by molar-refractivity contribution is 6.02. The van der Waals surface area contributed by atoms with Crippen molar-refractivity contribution in [3.8, 4) is 11.1 Å². The average molecular weight is 407 g/mol. The fourth-order valence-corrected chi connectivity index (χ4v) is 3.86. The number of ether oxygens (including phenoxy) is 1. The van der Waals surface area contributed by atoms with Gasteiger partial charge in [0.05, 0.1) is 29.6 Å². The molecule has 0 bridgehead atoms. The Hall–Kier alpha value is -3.55.